The Morgan fingerprint density at radius 2 is 1.95 bits per heavy atom. The summed E-state index contributed by atoms with van der Waals surface area (Å²) in [4.78, 5) is 4.47. The van der Waals surface area contributed by atoms with Gasteiger partial charge in [0.25, 0.3) is 0 Å². The fourth-order valence-corrected chi connectivity index (χ4v) is 2.82. The number of hydrogen-bond acceptors (Lipinski definition) is 4. The molecule has 0 aliphatic carbocycles. The summed E-state index contributed by atoms with van der Waals surface area (Å²) < 4.78 is 11.1. The van der Waals surface area contributed by atoms with Crippen LogP contribution in [0.5, 0.6) is 11.5 Å². The van der Waals surface area contributed by atoms with Gasteiger partial charge in [-0.1, -0.05) is 6.92 Å². The first-order valence-corrected chi connectivity index (χ1v) is 7.49. The van der Waals surface area contributed by atoms with Crippen LogP contribution in [0.25, 0.3) is 0 Å². The van der Waals surface area contributed by atoms with Crippen LogP contribution in [0, 0.1) is 0 Å². The highest BCUT2D eigenvalue weighted by Crippen LogP contribution is 2.28. The van der Waals surface area contributed by atoms with E-state index in [1.165, 1.54) is 0 Å². The number of ether oxygens (including phenoxy) is 2. The molecule has 0 N–H and O–H groups in total. The Hall–Kier alpha value is -1.26. The molecule has 3 nitrogen and oxygen atoms in total. The summed E-state index contributed by atoms with van der Waals surface area (Å²) in [6.07, 6.45) is 0.830. The van der Waals surface area contributed by atoms with Gasteiger partial charge in [0.1, 0.15) is 22.6 Å². The van der Waals surface area contributed by atoms with E-state index in [2.05, 4.69) is 11.9 Å². The number of benzene rings is 1. The molecule has 0 aliphatic heterocycles. The van der Waals surface area contributed by atoms with Gasteiger partial charge in [-0.2, -0.15) is 0 Å². The van der Waals surface area contributed by atoms with Crippen molar-refractivity contribution in [2.24, 2.45) is 0 Å². The van der Waals surface area contributed by atoms with Crippen LogP contribution in [-0.4, -0.2) is 12.1 Å². The van der Waals surface area contributed by atoms with Gasteiger partial charge in [0.05, 0.1) is 18.7 Å². The SMILES string of the molecule is CCC(Oc1ccc(OC)cc1)c1nc(CCl)cs1. The molecule has 0 amide bonds. The molecule has 102 valence electrons. The molecule has 19 heavy (non-hydrogen) atoms. The van der Waals surface area contributed by atoms with Crippen molar-refractivity contribution in [2.45, 2.75) is 25.3 Å². The number of halogens is 1. The van der Waals surface area contributed by atoms with E-state index in [1.54, 1.807) is 18.4 Å². The fourth-order valence-electron chi connectivity index (χ4n) is 1.66. The molecule has 0 fully saturated rings. The summed E-state index contributed by atoms with van der Waals surface area (Å²) in [5.41, 5.74) is 0.901. The lowest BCUT2D eigenvalue weighted by atomic mass is 10.2. The zero-order valence-corrected chi connectivity index (χ0v) is 12.5. The van der Waals surface area contributed by atoms with Crippen molar-refractivity contribution in [3.63, 3.8) is 0 Å². The minimum absolute atomic E-state index is 0.0321. The van der Waals surface area contributed by atoms with Gasteiger partial charge in [0.2, 0.25) is 0 Å². The molecule has 1 aromatic carbocycles. The zero-order chi connectivity index (χ0) is 13.7. The minimum Gasteiger partial charge on any atom is -0.497 e. The Labute approximate surface area is 122 Å². The molecule has 1 heterocycles. The number of methoxy groups -OCH3 is 1. The normalized spacial score (nSPS) is 12.2. The lowest BCUT2D eigenvalue weighted by molar-refractivity contribution is 0.200. The molecular formula is C14H16ClNO2S. The third-order valence-electron chi connectivity index (χ3n) is 2.69. The molecule has 0 spiro atoms. The van der Waals surface area contributed by atoms with Crippen LogP contribution in [0.3, 0.4) is 0 Å². The highest BCUT2D eigenvalue weighted by Gasteiger charge is 2.15. The van der Waals surface area contributed by atoms with Crippen LogP contribution in [0.1, 0.15) is 30.2 Å². The van der Waals surface area contributed by atoms with Crippen molar-refractivity contribution in [3.05, 3.63) is 40.3 Å². The average Bonchev–Trinajstić information content (AvgIpc) is 2.94. The Balaban J connectivity index is 2.09. The molecular weight excluding hydrogens is 282 g/mol. The monoisotopic (exact) mass is 297 g/mol. The van der Waals surface area contributed by atoms with Crippen molar-refractivity contribution >= 4 is 22.9 Å². The van der Waals surface area contributed by atoms with Crippen LogP contribution < -0.4 is 9.47 Å². The topological polar surface area (TPSA) is 31.4 Å². The van der Waals surface area contributed by atoms with Gasteiger partial charge in [-0.25, -0.2) is 4.98 Å². The second-order valence-electron chi connectivity index (χ2n) is 4.00. The highest BCUT2D eigenvalue weighted by molar-refractivity contribution is 7.09. The third kappa shape index (κ3) is 3.61. The van der Waals surface area contributed by atoms with Gasteiger partial charge in [-0.15, -0.1) is 22.9 Å². The van der Waals surface area contributed by atoms with Gasteiger partial charge in [0.15, 0.2) is 0 Å². The second kappa shape index (κ2) is 6.78. The van der Waals surface area contributed by atoms with Crippen molar-refractivity contribution < 1.29 is 9.47 Å². The van der Waals surface area contributed by atoms with Gasteiger partial charge >= 0.3 is 0 Å². The largest absolute Gasteiger partial charge is 0.497 e. The van der Waals surface area contributed by atoms with Crippen LogP contribution >= 0.6 is 22.9 Å². The number of alkyl halides is 1. The molecule has 5 heteroatoms. The van der Waals surface area contributed by atoms with E-state index in [9.17, 15) is 0 Å². The summed E-state index contributed by atoms with van der Waals surface area (Å²) in [5.74, 6) is 2.07. The molecule has 0 bridgehead atoms. The maximum absolute atomic E-state index is 5.96. The second-order valence-corrected chi connectivity index (χ2v) is 5.16. The lowest BCUT2D eigenvalue weighted by Crippen LogP contribution is -2.06. The van der Waals surface area contributed by atoms with Gasteiger partial charge < -0.3 is 9.47 Å². The molecule has 0 aliphatic rings. The van der Waals surface area contributed by atoms with Crippen molar-refractivity contribution in [3.8, 4) is 11.5 Å². The zero-order valence-electron chi connectivity index (χ0n) is 10.9. The number of thiazole rings is 1. The van der Waals surface area contributed by atoms with Crippen LogP contribution in [-0.2, 0) is 5.88 Å². The Bertz CT molecular complexity index is 512. The summed E-state index contributed by atoms with van der Waals surface area (Å²) in [7, 11) is 1.65. The lowest BCUT2D eigenvalue weighted by Gasteiger charge is -2.15. The van der Waals surface area contributed by atoms with Gasteiger partial charge in [-0.05, 0) is 30.7 Å². The van der Waals surface area contributed by atoms with E-state index in [-0.39, 0.29) is 6.10 Å². The van der Waals surface area contributed by atoms with Gasteiger partial charge in [-0.3, -0.25) is 0 Å². The standard InChI is InChI=1S/C14H16ClNO2S/c1-3-13(14-16-10(8-15)9-19-14)18-12-6-4-11(17-2)5-7-12/h4-7,9,13H,3,8H2,1-2H3. The smallest absolute Gasteiger partial charge is 0.150 e. The number of rotatable bonds is 6. The van der Waals surface area contributed by atoms with Crippen molar-refractivity contribution in [2.75, 3.05) is 7.11 Å². The summed E-state index contributed by atoms with van der Waals surface area (Å²) in [6.45, 7) is 2.08. The van der Waals surface area contributed by atoms with E-state index >= 15 is 0 Å². The average molecular weight is 298 g/mol. The van der Waals surface area contributed by atoms with E-state index in [1.807, 2.05) is 29.6 Å². The first-order chi connectivity index (χ1) is 9.26. The fraction of sp³-hybridized carbons (Fsp3) is 0.357. The molecule has 1 atom stereocenters. The predicted octanol–water partition coefficient (Wildman–Crippen LogP) is 4.42. The Morgan fingerprint density at radius 1 is 1.26 bits per heavy atom. The number of hydrogen-bond donors (Lipinski definition) is 0. The molecule has 1 unspecified atom stereocenters. The summed E-state index contributed by atoms with van der Waals surface area (Å²) in [6, 6.07) is 7.57. The minimum atomic E-state index is -0.0321. The molecule has 1 aromatic heterocycles. The number of aromatic nitrogens is 1. The van der Waals surface area contributed by atoms with Crippen LogP contribution in [0.4, 0.5) is 0 Å². The Kier molecular flexibility index (Phi) is 5.05. The first-order valence-electron chi connectivity index (χ1n) is 6.07. The van der Waals surface area contributed by atoms with Crippen molar-refractivity contribution in [1.82, 2.24) is 4.98 Å². The van der Waals surface area contributed by atoms with Crippen molar-refractivity contribution in [1.29, 1.82) is 0 Å². The van der Waals surface area contributed by atoms with Crippen LogP contribution in [0.15, 0.2) is 29.6 Å². The highest BCUT2D eigenvalue weighted by atomic mass is 35.5. The third-order valence-corrected chi connectivity index (χ3v) is 3.95. The quantitative estimate of drug-likeness (QED) is 0.740. The van der Waals surface area contributed by atoms with Crippen LogP contribution in [0.2, 0.25) is 0 Å². The maximum atomic E-state index is 5.96. The molecule has 0 saturated carbocycles. The first kappa shape index (κ1) is 14.2. The Morgan fingerprint density at radius 3 is 2.47 bits per heavy atom. The summed E-state index contributed by atoms with van der Waals surface area (Å²) >= 11 is 7.36. The molecule has 0 saturated heterocycles. The van der Waals surface area contributed by atoms with E-state index in [4.69, 9.17) is 21.1 Å². The predicted molar refractivity (Wildman–Crippen MR) is 78.3 cm³/mol. The molecule has 0 radical (unpaired) electrons. The molecule has 2 rings (SSSR count). The van der Waals surface area contributed by atoms with E-state index < -0.39 is 0 Å². The molecule has 2 aromatic rings. The van der Waals surface area contributed by atoms with E-state index in [0.717, 1.165) is 28.6 Å². The number of nitrogens with zero attached hydrogens (tertiary/aromatic N) is 1. The van der Waals surface area contributed by atoms with E-state index in [0.29, 0.717) is 5.88 Å². The summed E-state index contributed by atoms with van der Waals surface area (Å²) in [5, 5.41) is 2.94. The van der Waals surface area contributed by atoms with Gasteiger partial charge in [0, 0.05) is 5.38 Å². The maximum Gasteiger partial charge on any atom is 0.150 e.